The normalized spacial score (nSPS) is 13.7. The summed E-state index contributed by atoms with van der Waals surface area (Å²) in [6, 6.07) is 7.91. The zero-order chi connectivity index (χ0) is 16.4. The summed E-state index contributed by atoms with van der Waals surface area (Å²) in [7, 11) is 0. The molecule has 0 bridgehead atoms. The highest BCUT2D eigenvalue weighted by Crippen LogP contribution is 2.24. The Balaban J connectivity index is 1.70. The molecule has 1 aliphatic rings. The Kier molecular flexibility index (Phi) is 4.48. The highest BCUT2D eigenvalue weighted by Gasteiger charge is 2.22. The minimum atomic E-state index is -0.937. The van der Waals surface area contributed by atoms with Crippen molar-refractivity contribution in [3.63, 3.8) is 0 Å². The van der Waals surface area contributed by atoms with Crippen LogP contribution in [0.4, 0.5) is 0 Å². The molecule has 120 valence electrons. The number of hydrogen-bond acceptors (Lipinski definition) is 3. The first-order valence-electron chi connectivity index (χ1n) is 7.76. The summed E-state index contributed by atoms with van der Waals surface area (Å²) in [4.78, 5) is 25.6. The highest BCUT2D eigenvalue weighted by molar-refractivity contribution is 7.12. The van der Waals surface area contributed by atoms with Crippen LogP contribution >= 0.6 is 11.3 Å². The number of carbonyl (C=O) groups is 2. The van der Waals surface area contributed by atoms with Crippen molar-refractivity contribution < 1.29 is 14.7 Å². The van der Waals surface area contributed by atoms with Crippen molar-refractivity contribution in [2.45, 2.75) is 32.7 Å². The van der Waals surface area contributed by atoms with Crippen LogP contribution < -0.4 is 0 Å². The van der Waals surface area contributed by atoms with Crippen LogP contribution in [0.3, 0.4) is 0 Å². The van der Waals surface area contributed by atoms with Crippen molar-refractivity contribution in [2.75, 3.05) is 6.54 Å². The van der Waals surface area contributed by atoms with Crippen LogP contribution in [0.1, 0.15) is 38.8 Å². The smallest absolute Gasteiger partial charge is 0.345 e. The topological polar surface area (TPSA) is 57.6 Å². The van der Waals surface area contributed by atoms with Crippen LogP contribution in [-0.4, -0.2) is 28.4 Å². The fourth-order valence-corrected chi connectivity index (χ4v) is 3.85. The van der Waals surface area contributed by atoms with Crippen LogP contribution in [0.25, 0.3) is 0 Å². The number of fused-ring (bicyclic) bond motifs is 1. The summed E-state index contributed by atoms with van der Waals surface area (Å²) in [6.45, 7) is 3.54. The third-order valence-electron chi connectivity index (χ3n) is 4.32. The molecular formula is C18H19NO3S. The van der Waals surface area contributed by atoms with E-state index in [4.69, 9.17) is 5.11 Å². The molecule has 1 amide bonds. The van der Waals surface area contributed by atoms with Gasteiger partial charge in [0.2, 0.25) is 5.91 Å². The van der Waals surface area contributed by atoms with E-state index in [9.17, 15) is 9.59 Å². The van der Waals surface area contributed by atoms with Crippen molar-refractivity contribution in [2.24, 2.45) is 0 Å². The lowest BCUT2D eigenvalue weighted by atomic mass is 9.93. The third kappa shape index (κ3) is 3.29. The largest absolute Gasteiger partial charge is 0.477 e. The number of amides is 1. The molecule has 0 radical (unpaired) electrons. The van der Waals surface area contributed by atoms with Crippen molar-refractivity contribution >= 4 is 23.2 Å². The van der Waals surface area contributed by atoms with E-state index >= 15 is 0 Å². The molecule has 1 N–H and O–H groups in total. The number of benzene rings is 1. The van der Waals surface area contributed by atoms with E-state index in [1.54, 1.807) is 11.4 Å². The van der Waals surface area contributed by atoms with E-state index in [1.807, 2.05) is 4.90 Å². The van der Waals surface area contributed by atoms with E-state index in [-0.39, 0.29) is 17.2 Å². The molecular weight excluding hydrogens is 310 g/mol. The Morgan fingerprint density at radius 1 is 1.35 bits per heavy atom. The Morgan fingerprint density at radius 3 is 2.87 bits per heavy atom. The maximum Gasteiger partial charge on any atom is 0.345 e. The number of hydrogen-bond donors (Lipinski definition) is 1. The average Bonchev–Trinajstić information content (AvgIpc) is 3.02. The second kappa shape index (κ2) is 6.54. The first-order valence-corrected chi connectivity index (χ1v) is 8.64. The van der Waals surface area contributed by atoms with Crippen LogP contribution in [0, 0.1) is 0 Å². The summed E-state index contributed by atoms with van der Waals surface area (Å²) in [5, 5.41) is 10.7. The Morgan fingerprint density at radius 2 is 2.17 bits per heavy atom. The summed E-state index contributed by atoms with van der Waals surface area (Å²) >= 11 is 1.17. The van der Waals surface area contributed by atoms with E-state index in [1.165, 1.54) is 28.0 Å². The van der Waals surface area contributed by atoms with Crippen molar-refractivity contribution in [1.29, 1.82) is 0 Å². The monoisotopic (exact) mass is 329 g/mol. The number of thiophene rings is 1. The number of nitrogens with zero attached hydrogens (tertiary/aromatic N) is 1. The van der Waals surface area contributed by atoms with Crippen LogP contribution in [0.15, 0.2) is 29.6 Å². The van der Waals surface area contributed by atoms with Crippen LogP contribution in [-0.2, 0) is 30.6 Å². The standard InChI is InChI=1S/C18H19NO3S/c1-2-13-4-3-5-14-10-19(7-6-15(13)14)17(20)9-12-8-16(18(21)22)23-11-12/h3-5,8,11H,2,6-7,9-10H2,1H3,(H,21,22). The first-order chi connectivity index (χ1) is 11.1. The fourth-order valence-electron chi connectivity index (χ4n) is 3.10. The molecule has 5 heteroatoms. The molecule has 0 saturated carbocycles. The summed E-state index contributed by atoms with van der Waals surface area (Å²) in [5.41, 5.74) is 4.78. The minimum Gasteiger partial charge on any atom is -0.477 e. The lowest BCUT2D eigenvalue weighted by Gasteiger charge is -2.30. The highest BCUT2D eigenvalue weighted by atomic mass is 32.1. The SMILES string of the molecule is CCc1cccc2c1CCN(C(=O)Cc1csc(C(=O)O)c1)C2. The Bertz CT molecular complexity index is 750. The third-order valence-corrected chi connectivity index (χ3v) is 5.28. The Labute approximate surface area is 139 Å². The lowest BCUT2D eigenvalue weighted by molar-refractivity contribution is -0.131. The number of carboxylic acids is 1. The van der Waals surface area contributed by atoms with Gasteiger partial charge in [-0.15, -0.1) is 11.3 Å². The lowest BCUT2D eigenvalue weighted by Crippen LogP contribution is -2.37. The molecule has 23 heavy (non-hydrogen) atoms. The maximum absolute atomic E-state index is 12.5. The summed E-state index contributed by atoms with van der Waals surface area (Å²) in [5.74, 6) is -0.875. The van der Waals surface area contributed by atoms with Gasteiger partial charge in [-0.25, -0.2) is 4.79 Å². The van der Waals surface area contributed by atoms with Gasteiger partial charge in [0.15, 0.2) is 0 Å². The molecule has 4 nitrogen and oxygen atoms in total. The molecule has 0 fully saturated rings. The number of carbonyl (C=O) groups excluding carboxylic acids is 1. The molecule has 1 aromatic heterocycles. The second-order valence-corrected chi connectivity index (χ2v) is 6.69. The van der Waals surface area contributed by atoms with Gasteiger partial charge in [0, 0.05) is 13.1 Å². The second-order valence-electron chi connectivity index (χ2n) is 5.77. The van der Waals surface area contributed by atoms with Gasteiger partial charge in [0.25, 0.3) is 0 Å². The van der Waals surface area contributed by atoms with Gasteiger partial charge in [0.05, 0.1) is 6.42 Å². The summed E-state index contributed by atoms with van der Waals surface area (Å²) < 4.78 is 0. The molecule has 0 unspecified atom stereocenters. The van der Waals surface area contributed by atoms with Gasteiger partial charge >= 0.3 is 5.97 Å². The first kappa shape index (κ1) is 15.7. The molecule has 0 saturated heterocycles. The van der Waals surface area contributed by atoms with E-state index < -0.39 is 5.97 Å². The van der Waals surface area contributed by atoms with Crippen molar-refractivity contribution in [3.05, 3.63) is 56.8 Å². The van der Waals surface area contributed by atoms with E-state index in [2.05, 4.69) is 25.1 Å². The van der Waals surface area contributed by atoms with Crippen LogP contribution in [0.2, 0.25) is 0 Å². The number of rotatable bonds is 4. The van der Waals surface area contributed by atoms with E-state index in [0.717, 1.165) is 24.9 Å². The molecule has 0 spiro atoms. The molecule has 0 aliphatic carbocycles. The van der Waals surface area contributed by atoms with Crippen molar-refractivity contribution in [1.82, 2.24) is 4.90 Å². The predicted molar refractivity (Wildman–Crippen MR) is 89.9 cm³/mol. The zero-order valence-electron chi connectivity index (χ0n) is 13.0. The van der Waals surface area contributed by atoms with Gasteiger partial charge in [-0.2, -0.15) is 0 Å². The molecule has 2 aromatic rings. The molecule has 1 aliphatic heterocycles. The fraction of sp³-hybridized carbons (Fsp3) is 0.333. The maximum atomic E-state index is 12.5. The molecule has 2 heterocycles. The molecule has 3 rings (SSSR count). The number of aryl methyl sites for hydroxylation is 1. The average molecular weight is 329 g/mol. The van der Waals surface area contributed by atoms with Gasteiger partial charge in [-0.3, -0.25) is 4.79 Å². The van der Waals surface area contributed by atoms with Gasteiger partial charge in [-0.05, 0) is 46.5 Å². The quantitative estimate of drug-likeness (QED) is 0.937. The van der Waals surface area contributed by atoms with Gasteiger partial charge < -0.3 is 10.0 Å². The minimum absolute atomic E-state index is 0.0623. The summed E-state index contributed by atoms with van der Waals surface area (Å²) in [6.07, 6.45) is 2.19. The van der Waals surface area contributed by atoms with Gasteiger partial charge in [0.1, 0.15) is 4.88 Å². The zero-order valence-corrected chi connectivity index (χ0v) is 13.9. The van der Waals surface area contributed by atoms with Crippen LogP contribution in [0.5, 0.6) is 0 Å². The molecule has 1 aromatic carbocycles. The van der Waals surface area contributed by atoms with Crippen molar-refractivity contribution in [3.8, 4) is 0 Å². The molecule has 0 atom stereocenters. The number of carboxylic acid groups (broad SMARTS) is 1. The van der Waals surface area contributed by atoms with E-state index in [0.29, 0.717) is 6.54 Å². The predicted octanol–water partition coefficient (Wildman–Crippen LogP) is 3.14. The van der Waals surface area contributed by atoms with Gasteiger partial charge in [-0.1, -0.05) is 25.1 Å². The number of aromatic carboxylic acids is 1. The Hall–Kier alpha value is -2.14.